The van der Waals surface area contributed by atoms with E-state index < -0.39 is 0 Å². The molecule has 1 nitrogen and oxygen atoms in total. The van der Waals surface area contributed by atoms with Gasteiger partial charge < -0.3 is 5.11 Å². The lowest BCUT2D eigenvalue weighted by Gasteiger charge is -2.00. The Hall–Kier alpha value is -2.09. The molecule has 0 aliphatic heterocycles. The maximum Gasteiger partial charge on any atom is 0.123 e. The molecule has 2 aromatic rings. The minimum Gasteiger partial charge on any atom is -0.507 e. The highest BCUT2D eigenvalue weighted by Gasteiger charge is 1.97. The zero-order valence-electron chi connectivity index (χ0n) is 8.60. The SMILES string of the molecule is O/C(=C\c1ccc(F)cc1)c1ccccc1. The van der Waals surface area contributed by atoms with E-state index in [4.69, 9.17) is 0 Å². The van der Waals surface area contributed by atoms with Crippen LogP contribution in [0.2, 0.25) is 0 Å². The molecule has 0 radical (unpaired) electrons. The van der Waals surface area contributed by atoms with Crippen molar-refractivity contribution in [1.82, 2.24) is 0 Å². The molecule has 0 saturated carbocycles. The number of hydrogen-bond donors (Lipinski definition) is 1. The number of halogens is 1. The van der Waals surface area contributed by atoms with E-state index in [0.717, 1.165) is 11.1 Å². The molecule has 0 bridgehead atoms. The van der Waals surface area contributed by atoms with Crippen LogP contribution in [0.5, 0.6) is 0 Å². The molecule has 0 aliphatic carbocycles. The lowest BCUT2D eigenvalue weighted by Crippen LogP contribution is -1.82. The van der Waals surface area contributed by atoms with Gasteiger partial charge >= 0.3 is 0 Å². The second kappa shape index (κ2) is 4.62. The fourth-order valence-electron chi connectivity index (χ4n) is 1.41. The van der Waals surface area contributed by atoms with Gasteiger partial charge in [-0.1, -0.05) is 42.5 Å². The molecule has 0 heterocycles. The molecular weight excluding hydrogens is 203 g/mol. The van der Waals surface area contributed by atoms with Crippen molar-refractivity contribution in [1.29, 1.82) is 0 Å². The summed E-state index contributed by atoms with van der Waals surface area (Å²) in [5, 5.41) is 9.81. The fraction of sp³-hybridized carbons (Fsp3) is 0. The van der Waals surface area contributed by atoms with E-state index in [2.05, 4.69) is 0 Å². The summed E-state index contributed by atoms with van der Waals surface area (Å²) < 4.78 is 12.7. The van der Waals surface area contributed by atoms with Gasteiger partial charge in [0.15, 0.2) is 0 Å². The summed E-state index contributed by atoms with van der Waals surface area (Å²) in [6.45, 7) is 0. The molecular formula is C14H11FO. The van der Waals surface area contributed by atoms with Crippen molar-refractivity contribution in [3.8, 4) is 0 Å². The maximum atomic E-state index is 12.7. The standard InChI is InChI=1S/C14H11FO/c15-13-8-6-11(7-9-13)10-14(16)12-4-2-1-3-5-12/h1-10,16H/b14-10-. The second-order valence-electron chi connectivity index (χ2n) is 3.45. The first kappa shape index (κ1) is 10.4. The van der Waals surface area contributed by atoms with Gasteiger partial charge in [0, 0.05) is 5.56 Å². The predicted molar refractivity (Wildman–Crippen MR) is 63.3 cm³/mol. The molecule has 0 aliphatic rings. The van der Waals surface area contributed by atoms with Gasteiger partial charge in [0.2, 0.25) is 0 Å². The molecule has 16 heavy (non-hydrogen) atoms. The highest BCUT2D eigenvalue weighted by atomic mass is 19.1. The molecule has 2 rings (SSSR count). The van der Waals surface area contributed by atoms with Crippen LogP contribution >= 0.6 is 0 Å². The zero-order chi connectivity index (χ0) is 11.4. The van der Waals surface area contributed by atoms with Gasteiger partial charge in [-0.3, -0.25) is 0 Å². The third-order valence-electron chi connectivity index (χ3n) is 2.24. The molecule has 0 saturated heterocycles. The summed E-state index contributed by atoms with van der Waals surface area (Å²) >= 11 is 0. The average molecular weight is 214 g/mol. The van der Waals surface area contributed by atoms with Gasteiger partial charge in [0.1, 0.15) is 11.6 Å². The van der Waals surface area contributed by atoms with Crippen LogP contribution < -0.4 is 0 Å². The number of aliphatic hydroxyl groups excluding tert-OH is 1. The quantitative estimate of drug-likeness (QED) is 0.594. The van der Waals surface area contributed by atoms with E-state index in [9.17, 15) is 9.50 Å². The first-order valence-electron chi connectivity index (χ1n) is 4.97. The molecule has 2 heteroatoms. The third-order valence-corrected chi connectivity index (χ3v) is 2.24. The Morgan fingerprint density at radius 3 is 2.19 bits per heavy atom. The number of rotatable bonds is 2. The molecule has 0 spiro atoms. The molecule has 0 amide bonds. The van der Waals surface area contributed by atoms with Crippen LogP contribution in [0, 0.1) is 5.82 Å². The van der Waals surface area contributed by atoms with Crippen LogP contribution in [0.4, 0.5) is 4.39 Å². The monoisotopic (exact) mass is 214 g/mol. The van der Waals surface area contributed by atoms with Crippen molar-refractivity contribution >= 4 is 11.8 Å². The number of aliphatic hydroxyl groups is 1. The maximum absolute atomic E-state index is 12.7. The van der Waals surface area contributed by atoms with Crippen LogP contribution in [0.3, 0.4) is 0 Å². The van der Waals surface area contributed by atoms with Crippen LogP contribution in [0.1, 0.15) is 11.1 Å². The summed E-state index contributed by atoms with van der Waals surface area (Å²) in [4.78, 5) is 0. The lowest BCUT2D eigenvalue weighted by atomic mass is 10.1. The molecule has 0 aromatic heterocycles. The second-order valence-corrected chi connectivity index (χ2v) is 3.45. The van der Waals surface area contributed by atoms with Crippen molar-refractivity contribution in [3.05, 3.63) is 71.5 Å². The van der Waals surface area contributed by atoms with Crippen molar-refractivity contribution in [2.75, 3.05) is 0 Å². The van der Waals surface area contributed by atoms with Gasteiger partial charge in [0.05, 0.1) is 0 Å². The number of hydrogen-bond acceptors (Lipinski definition) is 1. The molecule has 2 aromatic carbocycles. The Kier molecular flexibility index (Phi) is 3.01. The predicted octanol–water partition coefficient (Wildman–Crippen LogP) is 3.88. The Balaban J connectivity index is 2.28. The van der Waals surface area contributed by atoms with Crippen molar-refractivity contribution < 1.29 is 9.50 Å². The van der Waals surface area contributed by atoms with E-state index in [-0.39, 0.29) is 11.6 Å². The summed E-state index contributed by atoms with van der Waals surface area (Å²) in [7, 11) is 0. The minimum absolute atomic E-state index is 0.173. The van der Waals surface area contributed by atoms with Gasteiger partial charge in [-0.25, -0.2) is 4.39 Å². The minimum atomic E-state index is -0.281. The smallest absolute Gasteiger partial charge is 0.123 e. The Morgan fingerprint density at radius 2 is 1.56 bits per heavy atom. The topological polar surface area (TPSA) is 20.2 Å². The van der Waals surface area contributed by atoms with E-state index in [0.29, 0.717) is 0 Å². The van der Waals surface area contributed by atoms with Gasteiger partial charge in [-0.2, -0.15) is 0 Å². The summed E-state index contributed by atoms with van der Waals surface area (Å²) in [5.74, 6) is -0.108. The van der Waals surface area contributed by atoms with Crippen LogP contribution in [-0.2, 0) is 0 Å². The lowest BCUT2D eigenvalue weighted by molar-refractivity contribution is 0.515. The zero-order valence-corrected chi connectivity index (χ0v) is 8.60. The van der Waals surface area contributed by atoms with Crippen LogP contribution in [0.25, 0.3) is 11.8 Å². The van der Waals surface area contributed by atoms with Gasteiger partial charge in [0.25, 0.3) is 0 Å². The molecule has 0 fully saturated rings. The normalized spacial score (nSPS) is 11.4. The average Bonchev–Trinajstić information content (AvgIpc) is 2.33. The van der Waals surface area contributed by atoms with E-state index in [1.165, 1.54) is 12.1 Å². The van der Waals surface area contributed by atoms with Crippen molar-refractivity contribution in [2.24, 2.45) is 0 Å². The number of benzene rings is 2. The Bertz CT molecular complexity index is 486. The first-order chi connectivity index (χ1) is 7.75. The highest BCUT2D eigenvalue weighted by Crippen LogP contribution is 2.15. The van der Waals surface area contributed by atoms with Gasteiger partial charge in [-0.05, 0) is 23.8 Å². The summed E-state index contributed by atoms with van der Waals surface area (Å²) in [5.41, 5.74) is 1.51. The van der Waals surface area contributed by atoms with E-state index in [1.807, 2.05) is 30.3 Å². The Labute approximate surface area is 93.5 Å². The summed E-state index contributed by atoms with van der Waals surface area (Å²) in [6, 6.07) is 15.2. The van der Waals surface area contributed by atoms with E-state index >= 15 is 0 Å². The molecule has 0 atom stereocenters. The fourth-order valence-corrected chi connectivity index (χ4v) is 1.41. The molecule has 1 N–H and O–H groups in total. The molecule has 80 valence electrons. The first-order valence-corrected chi connectivity index (χ1v) is 4.97. The largest absolute Gasteiger partial charge is 0.507 e. The third kappa shape index (κ3) is 2.48. The summed E-state index contributed by atoms with van der Waals surface area (Å²) in [6.07, 6.45) is 1.61. The highest BCUT2D eigenvalue weighted by molar-refractivity contribution is 5.76. The van der Waals surface area contributed by atoms with Gasteiger partial charge in [-0.15, -0.1) is 0 Å². The molecule has 0 unspecified atom stereocenters. The van der Waals surface area contributed by atoms with E-state index in [1.54, 1.807) is 18.2 Å². The van der Waals surface area contributed by atoms with Crippen molar-refractivity contribution in [3.63, 3.8) is 0 Å². The van der Waals surface area contributed by atoms with Crippen LogP contribution in [-0.4, -0.2) is 5.11 Å². The van der Waals surface area contributed by atoms with Crippen LogP contribution in [0.15, 0.2) is 54.6 Å². The van der Waals surface area contributed by atoms with Crippen molar-refractivity contribution in [2.45, 2.75) is 0 Å². The Morgan fingerprint density at radius 1 is 0.938 bits per heavy atom.